The van der Waals surface area contributed by atoms with E-state index in [1.807, 2.05) is 13.8 Å². The Morgan fingerprint density at radius 2 is 1.61 bits per heavy atom. The molecule has 9 nitrogen and oxygen atoms in total. The highest BCUT2D eigenvalue weighted by molar-refractivity contribution is 6.64. The Kier molecular flexibility index (Phi) is 25.5. The second-order valence-corrected chi connectivity index (χ2v) is 14.7. The number of carbonyl (C=O) groups is 2. The Morgan fingerprint density at radius 1 is 0.961 bits per heavy atom. The minimum absolute atomic E-state index is 0.0309. The first kappa shape index (κ1) is 47.6. The number of aromatic nitrogens is 2. The summed E-state index contributed by atoms with van der Waals surface area (Å²) in [7, 11) is 0. The van der Waals surface area contributed by atoms with E-state index < -0.39 is 5.91 Å². The summed E-state index contributed by atoms with van der Waals surface area (Å²) in [4.78, 5) is 29.8. The molecule has 1 aromatic rings. The molecule has 0 aromatic carbocycles. The molecule has 1 aliphatic carbocycles. The predicted molar refractivity (Wildman–Crippen MR) is 217 cm³/mol. The third-order valence-electron chi connectivity index (χ3n) is 9.60. The van der Waals surface area contributed by atoms with Gasteiger partial charge in [-0.25, -0.2) is 4.98 Å². The molecule has 1 aliphatic heterocycles. The van der Waals surface area contributed by atoms with Crippen LogP contribution >= 0.6 is 0 Å². The molecule has 2 fully saturated rings. The first-order valence-corrected chi connectivity index (χ1v) is 19.8. The lowest BCUT2D eigenvalue weighted by molar-refractivity contribution is -0.122. The number of imidazole rings is 1. The third-order valence-corrected chi connectivity index (χ3v) is 9.60. The highest BCUT2D eigenvalue weighted by Crippen LogP contribution is 2.28. The molecule has 3 rings (SSSR count). The fourth-order valence-corrected chi connectivity index (χ4v) is 5.73. The fraction of sp³-hybridized carbons (Fsp3) is 0.714. The zero-order chi connectivity index (χ0) is 38.9. The topological polar surface area (TPSA) is 158 Å². The average Bonchev–Trinajstić information content (AvgIpc) is 3.76. The molecule has 4 unspecified atom stereocenters. The number of H-pyrrole nitrogens is 1. The summed E-state index contributed by atoms with van der Waals surface area (Å²) in [6.07, 6.45) is 18.9. The van der Waals surface area contributed by atoms with Gasteiger partial charge in [-0.2, -0.15) is 0 Å². The first-order valence-electron chi connectivity index (χ1n) is 19.8. The summed E-state index contributed by atoms with van der Waals surface area (Å²) < 4.78 is 0. The smallest absolute Gasteiger partial charge is 0.271 e. The van der Waals surface area contributed by atoms with Crippen LogP contribution in [0, 0.1) is 40.9 Å². The number of carbonyl (C=O) groups excluding carboxylic acids is 2. The van der Waals surface area contributed by atoms with E-state index in [9.17, 15) is 9.59 Å². The van der Waals surface area contributed by atoms with Crippen molar-refractivity contribution in [1.29, 1.82) is 16.2 Å². The van der Waals surface area contributed by atoms with E-state index in [1.54, 1.807) is 6.20 Å². The summed E-state index contributed by atoms with van der Waals surface area (Å²) in [6.45, 7) is 25.3. The highest BCUT2D eigenvalue weighted by Gasteiger charge is 2.20. The fourth-order valence-electron chi connectivity index (χ4n) is 5.73. The second-order valence-electron chi connectivity index (χ2n) is 14.7. The molecule has 4 atom stereocenters. The Labute approximate surface area is 311 Å². The van der Waals surface area contributed by atoms with Crippen molar-refractivity contribution in [2.45, 2.75) is 172 Å². The second kappa shape index (κ2) is 27.3. The molecule has 0 radical (unpaired) electrons. The minimum Gasteiger partial charge on any atom is -0.356 e. The van der Waals surface area contributed by atoms with Gasteiger partial charge in [-0.15, -0.1) is 0 Å². The largest absolute Gasteiger partial charge is 0.356 e. The zero-order valence-electron chi connectivity index (χ0n) is 34.2. The molecular weight excluding hydrogens is 635 g/mol. The lowest BCUT2D eigenvalue weighted by Gasteiger charge is -2.22. The van der Waals surface area contributed by atoms with Crippen molar-refractivity contribution in [1.82, 2.24) is 20.6 Å². The molecule has 1 saturated heterocycles. The maximum atomic E-state index is 12.0. The predicted octanol–water partition coefficient (Wildman–Crippen LogP) is 10.8. The van der Waals surface area contributed by atoms with Gasteiger partial charge in [0.1, 0.15) is 11.5 Å². The quantitative estimate of drug-likeness (QED) is 0.0509. The number of aryl methyl sites for hydroxylation is 1. The van der Waals surface area contributed by atoms with Crippen LogP contribution in [0.15, 0.2) is 29.5 Å². The van der Waals surface area contributed by atoms with E-state index in [0.717, 1.165) is 68.7 Å². The van der Waals surface area contributed by atoms with E-state index in [-0.39, 0.29) is 23.4 Å². The number of rotatable bonds is 18. The summed E-state index contributed by atoms with van der Waals surface area (Å²) in [5.74, 6) is 2.49. The molecule has 0 spiro atoms. The van der Waals surface area contributed by atoms with Crippen LogP contribution in [-0.4, -0.2) is 45.5 Å². The molecule has 0 bridgehead atoms. The molecule has 51 heavy (non-hydrogen) atoms. The third kappa shape index (κ3) is 22.2. The Hall–Kier alpha value is -3.36. The Balaban J connectivity index is 0.000000750. The van der Waals surface area contributed by atoms with Crippen molar-refractivity contribution >= 4 is 28.9 Å². The molecule has 1 aromatic heterocycles. The van der Waals surface area contributed by atoms with Crippen molar-refractivity contribution in [3.8, 4) is 0 Å². The lowest BCUT2D eigenvalue weighted by atomic mass is 9.83. The Bertz CT molecular complexity index is 1250. The van der Waals surface area contributed by atoms with Gasteiger partial charge in [0, 0.05) is 18.7 Å². The number of nitrogens with zero attached hydrogens (tertiary/aromatic N) is 1. The molecule has 2 amide bonds. The van der Waals surface area contributed by atoms with Crippen LogP contribution in [-0.2, 0) is 9.59 Å². The van der Waals surface area contributed by atoms with E-state index >= 15 is 0 Å². The maximum Gasteiger partial charge on any atom is 0.271 e. The van der Waals surface area contributed by atoms with Crippen molar-refractivity contribution in [3.05, 3.63) is 41.0 Å². The average molecular weight is 710 g/mol. The van der Waals surface area contributed by atoms with Gasteiger partial charge in [0.2, 0.25) is 5.91 Å². The van der Waals surface area contributed by atoms with Gasteiger partial charge in [-0.1, -0.05) is 104 Å². The van der Waals surface area contributed by atoms with E-state index in [2.05, 4.69) is 75.6 Å². The monoisotopic (exact) mass is 710 g/mol. The van der Waals surface area contributed by atoms with Crippen LogP contribution in [0.25, 0.3) is 0 Å². The molecule has 6 N–H and O–H groups in total. The summed E-state index contributed by atoms with van der Waals surface area (Å²) in [6, 6.07) is -0.197. The Morgan fingerprint density at radius 3 is 2.02 bits per heavy atom. The van der Waals surface area contributed by atoms with E-state index in [4.69, 9.17) is 16.2 Å². The molecule has 2 aliphatic rings. The number of hydrogen-bond acceptors (Lipinski definition) is 6. The summed E-state index contributed by atoms with van der Waals surface area (Å²) in [5.41, 5.74) is 5.52. The van der Waals surface area contributed by atoms with Crippen molar-refractivity contribution in [3.63, 3.8) is 0 Å². The highest BCUT2D eigenvalue weighted by atomic mass is 16.2. The number of nitrogens with one attached hydrogen (secondary N) is 6. The first-order chi connectivity index (χ1) is 24.1. The standard InChI is InChI=1S/C16H27N5O.C16H31N.C6H11NO.C4H6/c1-5-10(2)7-6-8-13(14-9-19-12(4)20-14)21-16(22)15(18)11(3)17;1-6-9-10-12-15(11-7-2)16(14(5)17)13(4)8-3;1-5-2-3-6(8)7-4-5;1-4-2-3-4/h9-10,13,17-18H,5-8H2,1-4H3,(H,19,20)(H,21,22);15,17H,6-12H2,1-5H3;5H,2-4H2,1H3,(H,7,8);1-3H2. The van der Waals surface area contributed by atoms with Gasteiger partial charge in [-0.3, -0.25) is 15.0 Å². The summed E-state index contributed by atoms with van der Waals surface area (Å²) in [5, 5.41) is 28.7. The van der Waals surface area contributed by atoms with Gasteiger partial charge in [0.05, 0.1) is 23.6 Å². The van der Waals surface area contributed by atoms with Gasteiger partial charge in [0.25, 0.3) is 5.91 Å². The minimum atomic E-state index is -0.506. The van der Waals surface area contributed by atoms with Crippen molar-refractivity contribution in [2.75, 3.05) is 6.54 Å². The van der Waals surface area contributed by atoms with Crippen LogP contribution in [0.4, 0.5) is 0 Å². The zero-order valence-corrected chi connectivity index (χ0v) is 34.2. The number of allylic oxidation sites excluding steroid dienone is 3. The van der Waals surface area contributed by atoms with E-state index in [0.29, 0.717) is 17.8 Å². The normalized spacial score (nSPS) is 16.9. The van der Waals surface area contributed by atoms with Crippen LogP contribution in [0.1, 0.15) is 176 Å². The number of hydrogen-bond donors (Lipinski definition) is 6. The SMILES string of the molecule is C=C1CC1.CC1CCC(=O)NC1.CCC(C)CCCC(NC(=O)C(=N)C(C)=N)c1cnc(C)[nH]1.CCCCCC(CCC)C(C(C)=N)=C(C)CC. The van der Waals surface area contributed by atoms with Gasteiger partial charge in [0.15, 0.2) is 0 Å². The van der Waals surface area contributed by atoms with Crippen molar-refractivity contribution in [2.24, 2.45) is 17.8 Å². The van der Waals surface area contributed by atoms with Crippen LogP contribution in [0.5, 0.6) is 0 Å². The maximum absolute atomic E-state index is 12.0. The van der Waals surface area contributed by atoms with E-state index in [1.165, 1.54) is 75.0 Å². The van der Waals surface area contributed by atoms with Gasteiger partial charge < -0.3 is 26.4 Å². The van der Waals surface area contributed by atoms with Crippen LogP contribution in [0.3, 0.4) is 0 Å². The van der Waals surface area contributed by atoms with Gasteiger partial charge in [-0.05, 0) is 96.0 Å². The van der Waals surface area contributed by atoms with Crippen LogP contribution in [0.2, 0.25) is 0 Å². The summed E-state index contributed by atoms with van der Waals surface area (Å²) >= 11 is 0. The molecule has 2 heterocycles. The number of piperidine rings is 1. The number of aromatic amines is 1. The molecule has 1 saturated carbocycles. The molecular formula is C42H75N7O2. The van der Waals surface area contributed by atoms with Crippen LogP contribution < -0.4 is 10.6 Å². The number of amides is 2. The number of unbranched alkanes of at least 4 members (excludes halogenated alkanes) is 2. The van der Waals surface area contributed by atoms with Gasteiger partial charge >= 0.3 is 0 Å². The lowest BCUT2D eigenvalue weighted by Crippen LogP contribution is -2.37. The van der Waals surface area contributed by atoms with Crippen molar-refractivity contribution < 1.29 is 9.59 Å². The molecule has 9 heteroatoms. The molecule has 290 valence electrons.